The van der Waals surface area contributed by atoms with E-state index < -0.39 is 0 Å². The van der Waals surface area contributed by atoms with E-state index in [-0.39, 0.29) is 5.56 Å². The molecule has 0 aliphatic carbocycles. The van der Waals surface area contributed by atoms with E-state index in [1.54, 1.807) is 15.9 Å². The molecule has 0 unspecified atom stereocenters. The molecule has 3 heteroatoms. The highest BCUT2D eigenvalue weighted by Gasteiger charge is 2.00. The van der Waals surface area contributed by atoms with E-state index >= 15 is 0 Å². The summed E-state index contributed by atoms with van der Waals surface area (Å²) in [5, 5.41) is 2.79. The quantitative estimate of drug-likeness (QED) is 0.657. The molecule has 0 fully saturated rings. The Labute approximate surface area is 74.1 Å². The molecule has 0 saturated carbocycles. The average Bonchev–Trinajstić information content (AvgIpc) is 2.53. The van der Waals surface area contributed by atoms with Gasteiger partial charge in [0.25, 0.3) is 5.56 Å². The Morgan fingerprint density at radius 2 is 2.33 bits per heavy atom. The summed E-state index contributed by atoms with van der Waals surface area (Å²) < 4.78 is 2.79. The van der Waals surface area contributed by atoms with Gasteiger partial charge in [-0.2, -0.15) is 0 Å². The topological polar surface area (TPSA) is 22.0 Å². The third kappa shape index (κ3) is 0.975. The van der Waals surface area contributed by atoms with Crippen LogP contribution < -0.4 is 5.56 Å². The SMILES string of the molecule is CCn1ccc2sccc2c1=O. The van der Waals surface area contributed by atoms with Gasteiger partial charge in [0.05, 0.1) is 5.39 Å². The lowest BCUT2D eigenvalue weighted by atomic mass is 10.3. The molecular formula is C9H9NOS. The Morgan fingerprint density at radius 3 is 3.08 bits per heavy atom. The lowest BCUT2D eigenvalue weighted by Crippen LogP contribution is -2.17. The van der Waals surface area contributed by atoms with Crippen LogP contribution in [-0.2, 0) is 6.54 Å². The zero-order chi connectivity index (χ0) is 8.55. The molecule has 0 bridgehead atoms. The number of hydrogen-bond acceptors (Lipinski definition) is 2. The van der Waals surface area contributed by atoms with Crippen LogP contribution in [0.2, 0.25) is 0 Å². The van der Waals surface area contributed by atoms with Gasteiger partial charge in [-0.15, -0.1) is 11.3 Å². The Bertz CT molecular complexity index is 455. The monoisotopic (exact) mass is 179 g/mol. The zero-order valence-corrected chi connectivity index (χ0v) is 7.60. The van der Waals surface area contributed by atoms with E-state index in [0.717, 1.165) is 16.6 Å². The Kier molecular flexibility index (Phi) is 1.73. The largest absolute Gasteiger partial charge is 0.315 e. The van der Waals surface area contributed by atoms with Crippen molar-refractivity contribution in [3.63, 3.8) is 0 Å². The fourth-order valence-electron chi connectivity index (χ4n) is 1.26. The van der Waals surface area contributed by atoms with E-state index in [1.165, 1.54) is 0 Å². The van der Waals surface area contributed by atoms with Crippen molar-refractivity contribution in [1.82, 2.24) is 4.57 Å². The van der Waals surface area contributed by atoms with E-state index in [9.17, 15) is 4.79 Å². The maximum absolute atomic E-state index is 11.6. The van der Waals surface area contributed by atoms with Gasteiger partial charge in [-0.05, 0) is 24.4 Å². The molecule has 0 atom stereocenters. The predicted octanol–water partition coefficient (Wildman–Crippen LogP) is 2.08. The maximum Gasteiger partial charge on any atom is 0.259 e. The van der Waals surface area contributed by atoms with E-state index in [2.05, 4.69) is 0 Å². The minimum Gasteiger partial charge on any atom is -0.315 e. The molecule has 2 aromatic rings. The molecule has 0 saturated heterocycles. The molecule has 2 nitrogen and oxygen atoms in total. The smallest absolute Gasteiger partial charge is 0.259 e. The van der Waals surface area contributed by atoms with Crippen molar-refractivity contribution in [2.24, 2.45) is 0 Å². The molecule has 0 N–H and O–H groups in total. The highest BCUT2D eigenvalue weighted by atomic mass is 32.1. The molecule has 0 radical (unpaired) electrons. The fourth-order valence-corrected chi connectivity index (χ4v) is 2.03. The van der Waals surface area contributed by atoms with Gasteiger partial charge in [-0.3, -0.25) is 4.79 Å². The standard InChI is InChI=1S/C9H9NOS/c1-2-10-5-3-8-7(9(10)11)4-6-12-8/h3-6H,2H2,1H3. The van der Waals surface area contributed by atoms with Gasteiger partial charge in [0.15, 0.2) is 0 Å². The highest BCUT2D eigenvalue weighted by Crippen LogP contribution is 2.15. The summed E-state index contributed by atoms with van der Waals surface area (Å²) in [6.07, 6.45) is 1.85. The van der Waals surface area contributed by atoms with Crippen LogP contribution in [0.15, 0.2) is 28.5 Å². The van der Waals surface area contributed by atoms with Crippen molar-refractivity contribution in [2.45, 2.75) is 13.5 Å². The van der Waals surface area contributed by atoms with E-state index in [0.29, 0.717) is 0 Å². The zero-order valence-electron chi connectivity index (χ0n) is 6.78. The van der Waals surface area contributed by atoms with Crippen LogP contribution in [0.5, 0.6) is 0 Å². The van der Waals surface area contributed by atoms with Gasteiger partial charge in [0, 0.05) is 17.4 Å². The first-order chi connectivity index (χ1) is 5.83. The summed E-state index contributed by atoms with van der Waals surface area (Å²) in [7, 11) is 0. The molecule has 0 amide bonds. The van der Waals surface area contributed by atoms with Crippen LogP contribution in [0.3, 0.4) is 0 Å². The first-order valence-electron chi connectivity index (χ1n) is 3.89. The summed E-state index contributed by atoms with van der Waals surface area (Å²) in [6.45, 7) is 2.71. The molecule has 2 rings (SSSR count). The lowest BCUT2D eigenvalue weighted by molar-refractivity contribution is 0.735. The van der Waals surface area contributed by atoms with Crippen molar-refractivity contribution < 1.29 is 0 Å². The van der Waals surface area contributed by atoms with E-state index in [1.807, 2.05) is 30.6 Å². The van der Waals surface area contributed by atoms with Crippen molar-refractivity contribution in [1.29, 1.82) is 0 Å². The second kappa shape index (κ2) is 2.75. The summed E-state index contributed by atoms with van der Waals surface area (Å²) in [5.74, 6) is 0. The molecule has 12 heavy (non-hydrogen) atoms. The molecule has 0 aliphatic heterocycles. The molecule has 62 valence electrons. The number of aromatic nitrogens is 1. The number of rotatable bonds is 1. The minimum atomic E-state index is 0.122. The van der Waals surface area contributed by atoms with E-state index in [4.69, 9.17) is 0 Å². The van der Waals surface area contributed by atoms with Crippen molar-refractivity contribution in [3.05, 3.63) is 34.1 Å². The van der Waals surface area contributed by atoms with Crippen LogP contribution in [-0.4, -0.2) is 4.57 Å². The molecule has 2 aromatic heterocycles. The number of hydrogen-bond donors (Lipinski definition) is 0. The van der Waals surface area contributed by atoms with Gasteiger partial charge in [-0.1, -0.05) is 0 Å². The van der Waals surface area contributed by atoms with Crippen LogP contribution >= 0.6 is 11.3 Å². The summed E-state index contributed by atoms with van der Waals surface area (Å²) in [5.41, 5.74) is 0.122. The van der Waals surface area contributed by atoms with Crippen LogP contribution in [0.25, 0.3) is 10.1 Å². The average molecular weight is 179 g/mol. The van der Waals surface area contributed by atoms with Gasteiger partial charge in [0.2, 0.25) is 0 Å². The van der Waals surface area contributed by atoms with Gasteiger partial charge >= 0.3 is 0 Å². The third-order valence-corrected chi connectivity index (χ3v) is 2.82. The van der Waals surface area contributed by atoms with Gasteiger partial charge < -0.3 is 4.57 Å². The minimum absolute atomic E-state index is 0.122. The number of thiophene rings is 1. The Hall–Kier alpha value is -1.09. The van der Waals surface area contributed by atoms with Gasteiger partial charge in [0.1, 0.15) is 0 Å². The third-order valence-electron chi connectivity index (χ3n) is 1.93. The highest BCUT2D eigenvalue weighted by molar-refractivity contribution is 7.17. The fraction of sp³-hybridized carbons (Fsp3) is 0.222. The second-order valence-corrected chi connectivity index (χ2v) is 3.55. The summed E-state index contributed by atoms with van der Waals surface area (Å²) in [6, 6.07) is 3.87. The molecule has 2 heterocycles. The van der Waals surface area contributed by atoms with Gasteiger partial charge in [-0.25, -0.2) is 0 Å². The van der Waals surface area contributed by atoms with Crippen LogP contribution in [0, 0.1) is 0 Å². The number of nitrogens with zero attached hydrogens (tertiary/aromatic N) is 1. The number of aryl methyl sites for hydroxylation is 1. The number of fused-ring (bicyclic) bond motifs is 1. The van der Waals surface area contributed by atoms with Crippen molar-refractivity contribution in [2.75, 3.05) is 0 Å². The van der Waals surface area contributed by atoms with Crippen LogP contribution in [0.1, 0.15) is 6.92 Å². The summed E-state index contributed by atoms with van der Waals surface area (Å²) in [4.78, 5) is 11.6. The normalized spacial score (nSPS) is 10.8. The van der Waals surface area contributed by atoms with Crippen molar-refractivity contribution >= 4 is 21.4 Å². The number of pyridine rings is 1. The second-order valence-electron chi connectivity index (χ2n) is 2.61. The summed E-state index contributed by atoms with van der Waals surface area (Å²) >= 11 is 1.61. The lowest BCUT2D eigenvalue weighted by Gasteiger charge is -1.99. The molecule has 0 spiro atoms. The van der Waals surface area contributed by atoms with Crippen LogP contribution in [0.4, 0.5) is 0 Å². The predicted molar refractivity (Wildman–Crippen MR) is 51.8 cm³/mol. The van der Waals surface area contributed by atoms with Crippen molar-refractivity contribution in [3.8, 4) is 0 Å². The molecule has 0 aliphatic rings. The Morgan fingerprint density at radius 1 is 1.50 bits per heavy atom. The Balaban J connectivity index is 2.88. The molecule has 0 aromatic carbocycles. The first kappa shape index (κ1) is 7.55. The molecular weight excluding hydrogens is 170 g/mol. The maximum atomic E-state index is 11.6. The first-order valence-corrected chi connectivity index (χ1v) is 4.77.